The highest BCUT2D eigenvalue weighted by Crippen LogP contribution is 2.31. The number of hydrogen-bond acceptors (Lipinski definition) is 4. The van der Waals surface area contributed by atoms with Gasteiger partial charge in [-0.3, -0.25) is 0 Å². The molecule has 0 aliphatic carbocycles. The van der Waals surface area contributed by atoms with Crippen LogP contribution in [0.25, 0.3) is 0 Å². The van der Waals surface area contributed by atoms with E-state index in [1.807, 2.05) is 18.2 Å². The first-order valence-electron chi connectivity index (χ1n) is 5.88. The predicted octanol–water partition coefficient (Wildman–Crippen LogP) is 4.76. The van der Waals surface area contributed by atoms with Gasteiger partial charge in [0.05, 0.1) is 10.0 Å². The van der Waals surface area contributed by atoms with Crippen molar-refractivity contribution in [2.75, 3.05) is 11.9 Å². The summed E-state index contributed by atoms with van der Waals surface area (Å²) in [6.45, 7) is 3.01. The first-order chi connectivity index (χ1) is 9.19. The number of rotatable bonds is 5. The average molecular weight is 314 g/mol. The normalized spacial score (nSPS) is 10.5. The maximum absolute atomic E-state index is 5.99. The Balaban J connectivity index is 2.11. The van der Waals surface area contributed by atoms with Crippen molar-refractivity contribution in [2.45, 2.75) is 23.3 Å². The molecular weight excluding hydrogens is 301 g/mol. The summed E-state index contributed by atoms with van der Waals surface area (Å²) in [5.41, 5.74) is 0. The lowest BCUT2D eigenvalue weighted by atomic mass is 10.4. The van der Waals surface area contributed by atoms with Crippen LogP contribution in [0.1, 0.15) is 13.3 Å². The first kappa shape index (κ1) is 14.4. The molecule has 1 aromatic carbocycles. The van der Waals surface area contributed by atoms with Crippen LogP contribution in [0.3, 0.4) is 0 Å². The van der Waals surface area contributed by atoms with Gasteiger partial charge in [-0.2, -0.15) is 0 Å². The van der Waals surface area contributed by atoms with Gasteiger partial charge in [0.2, 0.25) is 0 Å². The summed E-state index contributed by atoms with van der Waals surface area (Å²) in [6.07, 6.45) is 2.61. The quantitative estimate of drug-likeness (QED) is 0.808. The minimum Gasteiger partial charge on any atom is -0.370 e. The zero-order valence-corrected chi connectivity index (χ0v) is 12.7. The molecule has 2 rings (SSSR count). The van der Waals surface area contributed by atoms with E-state index in [0.29, 0.717) is 10.0 Å². The standard InChI is InChI=1S/C13H13Cl2N3S/c1-2-5-16-12-7-13(18-8-17-12)19-9-3-4-10(14)11(15)6-9/h3-4,6-8H,2,5H2,1H3,(H,16,17,18). The molecule has 2 aromatic rings. The second-order valence-electron chi connectivity index (χ2n) is 3.85. The van der Waals surface area contributed by atoms with Gasteiger partial charge in [0, 0.05) is 17.5 Å². The van der Waals surface area contributed by atoms with Crippen molar-refractivity contribution in [3.8, 4) is 0 Å². The molecular formula is C13H13Cl2N3S. The van der Waals surface area contributed by atoms with E-state index in [1.165, 1.54) is 11.8 Å². The maximum Gasteiger partial charge on any atom is 0.130 e. The second-order valence-corrected chi connectivity index (χ2v) is 5.75. The molecule has 0 bridgehead atoms. The van der Waals surface area contributed by atoms with Crippen molar-refractivity contribution in [3.05, 3.63) is 40.6 Å². The summed E-state index contributed by atoms with van der Waals surface area (Å²) in [7, 11) is 0. The topological polar surface area (TPSA) is 37.8 Å². The van der Waals surface area contributed by atoms with Crippen LogP contribution in [0.15, 0.2) is 40.5 Å². The molecule has 0 aliphatic heterocycles. The summed E-state index contributed by atoms with van der Waals surface area (Å²) < 4.78 is 0. The van der Waals surface area contributed by atoms with Crippen LogP contribution in [0, 0.1) is 0 Å². The van der Waals surface area contributed by atoms with Crippen LogP contribution >= 0.6 is 35.0 Å². The van der Waals surface area contributed by atoms with Gasteiger partial charge >= 0.3 is 0 Å². The van der Waals surface area contributed by atoms with Crippen molar-refractivity contribution in [2.24, 2.45) is 0 Å². The molecule has 0 atom stereocenters. The molecule has 0 fully saturated rings. The lowest BCUT2D eigenvalue weighted by molar-refractivity contribution is 0.953. The first-order valence-corrected chi connectivity index (χ1v) is 7.45. The van der Waals surface area contributed by atoms with Crippen LogP contribution in [-0.4, -0.2) is 16.5 Å². The highest BCUT2D eigenvalue weighted by molar-refractivity contribution is 7.99. The third-order valence-electron chi connectivity index (χ3n) is 2.31. The zero-order chi connectivity index (χ0) is 13.7. The summed E-state index contributed by atoms with van der Waals surface area (Å²) in [5, 5.41) is 5.20. The van der Waals surface area contributed by atoms with Crippen molar-refractivity contribution >= 4 is 40.8 Å². The Kier molecular flexibility index (Phi) is 5.31. The Bertz CT molecular complexity index is 563. The highest BCUT2D eigenvalue weighted by Gasteiger charge is 2.04. The number of nitrogens with one attached hydrogen (secondary N) is 1. The number of nitrogens with zero attached hydrogens (tertiary/aromatic N) is 2. The molecule has 100 valence electrons. The molecule has 0 amide bonds. The Morgan fingerprint density at radius 1 is 1.16 bits per heavy atom. The van der Waals surface area contributed by atoms with E-state index in [2.05, 4.69) is 22.2 Å². The molecule has 3 nitrogen and oxygen atoms in total. The van der Waals surface area contributed by atoms with Gasteiger partial charge in [0.15, 0.2) is 0 Å². The Morgan fingerprint density at radius 2 is 2.00 bits per heavy atom. The summed E-state index contributed by atoms with van der Waals surface area (Å²) in [5.74, 6) is 0.833. The minimum absolute atomic E-state index is 0.546. The third-order valence-corrected chi connectivity index (χ3v) is 3.97. The molecule has 0 aliphatic rings. The maximum atomic E-state index is 5.99. The molecule has 0 saturated heterocycles. The molecule has 0 saturated carbocycles. The number of anilines is 1. The fourth-order valence-electron chi connectivity index (χ4n) is 1.41. The van der Waals surface area contributed by atoms with Crippen LogP contribution in [0.2, 0.25) is 10.0 Å². The van der Waals surface area contributed by atoms with Gasteiger partial charge < -0.3 is 5.32 Å². The molecule has 19 heavy (non-hydrogen) atoms. The van der Waals surface area contributed by atoms with Crippen LogP contribution in [0.4, 0.5) is 5.82 Å². The number of hydrogen-bond donors (Lipinski definition) is 1. The van der Waals surface area contributed by atoms with Gasteiger partial charge in [0.25, 0.3) is 0 Å². The predicted molar refractivity (Wildman–Crippen MR) is 81.4 cm³/mol. The molecule has 1 N–H and O–H groups in total. The lowest BCUT2D eigenvalue weighted by Crippen LogP contribution is -2.02. The van der Waals surface area contributed by atoms with Gasteiger partial charge in [-0.05, 0) is 24.6 Å². The van der Waals surface area contributed by atoms with E-state index in [9.17, 15) is 0 Å². The van der Waals surface area contributed by atoms with E-state index in [1.54, 1.807) is 12.4 Å². The molecule has 0 unspecified atom stereocenters. The van der Waals surface area contributed by atoms with Gasteiger partial charge in [-0.25, -0.2) is 9.97 Å². The van der Waals surface area contributed by atoms with Crippen LogP contribution < -0.4 is 5.32 Å². The monoisotopic (exact) mass is 313 g/mol. The molecule has 0 spiro atoms. The zero-order valence-electron chi connectivity index (χ0n) is 10.4. The Morgan fingerprint density at radius 3 is 2.74 bits per heavy atom. The van der Waals surface area contributed by atoms with E-state index in [-0.39, 0.29) is 0 Å². The van der Waals surface area contributed by atoms with Crippen molar-refractivity contribution < 1.29 is 0 Å². The van der Waals surface area contributed by atoms with E-state index in [4.69, 9.17) is 23.2 Å². The molecule has 6 heteroatoms. The third kappa shape index (κ3) is 4.27. The van der Waals surface area contributed by atoms with E-state index < -0.39 is 0 Å². The van der Waals surface area contributed by atoms with Crippen molar-refractivity contribution in [3.63, 3.8) is 0 Å². The van der Waals surface area contributed by atoms with Crippen molar-refractivity contribution in [1.29, 1.82) is 0 Å². The van der Waals surface area contributed by atoms with Crippen molar-refractivity contribution in [1.82, 2.24) is 9.97 Å². The lowest BCUT2D eigenvalue weighted by Gasteiger charge is -2.06. The summed E-state index contributed by atoms with van der Waals surface area (Å²) >= 11 is 13.4. The van der Waals surface area contributed by atoms with Gasteiger partial charge in [0.1, 0.15) is 17.2 Å². The Hall–Kier alpha value is -0.970. The smallest absolute Gasteiger partial charge is 0.130 e. The molecule has 1 heterocycles. The van der Waals surface area contributed by atoms with Gasteiger partial charge in [-0.1, -0.05) is 41.9 Å². The fraction of sp³-hybridized carbons (Fsp3) is 0.231. The van der Waals surface area contributed by atoms with Crippen LogP contribution in [0.5, 0.6) is 0 Å². The molecule has 0 radical (unpaired) electrons. The fourth-order valence-corrected chi connectivity index (χ4v) is 2.59. The number of halogens is 2. The summed E-state index contributed by atoms with van der Waals surface area (Å²) in [4.78, 5) is 9.39. The average Bonchev–Trinajstić information content (AvgIpc) is 2.41. The molecule has 1 aromatic heterocycles. The number of aromatic nitrogens is 2. The SMILES string of the molecule is CCCNc1cc(Sc2ccc(Cl)c(Cl)c2)ncn1. The minimum atomic E-state index is 0.546. The van der Waals surface area contributed by atoms with E-state index in [0.717, 1.165) is 28.7 Å². The van der Waals surface area contributed by atoms with Crippen LogP contribution in [-0.2, 0) is 0 Å². The number of benzene rings is 1. The second kappa shape index (κ2) is 6.98. The van der Waals surface area contributed by atoms with Gasteiger partial charge in [-0.15, -0.1) is 0 Å². The largest absolute Gasteiger partial charge is 0.370 e. The van der Waals surface area contributed by atoms with E-state index >= 15 is 0 Å². The summed E-state index contributed by atoms with van der Waals surface area (Å²) in [6, 6.07) is 7.45. The highest BCUT2D eigenvalue weighted by atomic mass is 35.5. The Labute approximate surface area is 126 Å².